The molecule has 0 saturated heterocycles. The van der Waals surface area contributed by atoms with Gasteiger partial charge in [-0.1, -0.05) is 17.7 Å². The van der Waals surface area contributed by atoms with Crippen LogP contribution in [0.15, 0.2) is 46.4 Å². The summed E-state index contributed by atoms with van der Waals surface area (Å²) >= 11 is 7.62. The maximum Gasteiger partial charge on any atom is 0.136 e. The Labute approximate surface area is 108 Å². The molecule has 0 bridgehead atoms. The molecule has 1 N–H and O–H groups in total. The largest absolute Gasteiger partial charge is 0.316 e. The maximum atomic E-state index is 6.08. The Kier molecular flexibility index (Phi) is 2.74. The Balaban J connectivity index is 2.11. The summed E-state index contributed by atoms with van der Waals surface area (Å²) in [5.41, 5.74) is 2.96. The van der Waals surface area contributed by atoms with Crippen LogP contribution in [-0.4, -0.2) is 11.3 Å². The molecule has 1 aliphatic rings. The van der Waals surface area contributed by atoms with Crippen LogP contribution in [0, 0.1) is 0 Å². The molecule has 3 rings (SSSR count). The van der Waals surface area contributed by atoms with Crippen LogP contribution in [0.5, 0.6) is 0 Å². The molecule has 0 saturated carbocycles. The van der Waals surface area contributed by atoms with Gasteiger partial charge in [0, 0.05) is 11.8 Å². The summed E-state index contributed by atoms with van der Waals surface area (Å²) in [4.78, 5) is 9.41. The quantitative estimate of drug-likeness (QED) is 0.629. The highest BCUT2D eigenvalue weighted by Crippen LogP contribution is 2.35. The Morgan fingerprint density at radius 1 is 1.24 bits per heavy atom. The molecule has 1 aliphatic heterocycles. The lowest BCUT2D eigenvalue weighted by Gasteiger charge is -2.12. The maximum absolute atomic E-state index is 6.08. The summed E-state index contributed by atoms with van der Waals surface area (Å²) < 4.78 is 3.01. The fourth-order valence-corrected chi connectivity index (χ4v) is 2.53. The minimum Gasteiger partial charge on any atom is -0.316 e. The minimum absolute atomic E-state index is 0.518. The second-order valence-corrected chi connectivity index (χ2v) is 4.74. The van der Waals surface area contributed by atoms with E-state index in [4.69, 9.17) is 11.6 Å². The Bertz CT molecular complexity index is 598. The van der Waals surface area contributed by atoms with Crippen molar-refractivity contribution in [2.45, 2.75) is 4.90 Å². The summed E-state index contributed by atoms with van der Waals surface area (Å²) in [7, 11) is 0. The van der Waals surface area contributed by atoms with Gasteiger partial charge in [-0.15, -0.1) is 0 Å². The summed E-state index contributed by atoms with van der Waals surface area (Å²) in [6.45, 7) is 0. The van der Waals surface area contributed by atoms with Gasteiger partial charge in [0.15, 0.2) is 0 Å². The first kappa shape index (κ1) is 10.6. The fraction of sp³-hybridized carbons (Fsp3) is 0. The molecule has 0 radical (unpaired) electrons. The number of hydrogen-bond acceptors (Lipinski definition) is 4. The van der Waals surface area contributed by atoms with Gasteiger partial charge in [-0.25, -0.2) is 9.98 Å². The molecule has 0 fully saturated rings. The fourth-order valence-electron chi connectivity index (χ4n) is 1.66. The topological polar surface area (TPSA) is 37.3 Å². The SMILES string of the molecule is Clc1ncccc1-c1ccc2c(c1)SNC=N2. The smallest absolute Gasteiger partial charge is 0.136 e. The van der Waals surface area contributed by atoms with Gasteiger partial charge in [0.25, 0.3) is 0 Å². The van der Waals surface area contributed by atoms with Crippen LogP contribution in [0.4, 0.5) is 5.69 Å². The van der Waals surface area contributed by atoms with Crippen molar-refractivity contribution in [3.8, 4) is 11.1 Å². The van der Waals surface area contributed by atoms with Crippen molar-refractivity contribution < 1.29 is 0 Å². The van der Waals surface area contributed by atoms with Crippen LogP contribution in [-0.2, 0) is 0 Å². The Hall–Kier alpha value is -1.52. The predicted octanol–water partition coefficient (Wildman–Crippen LogP) is 3.67. The molecule has 3 nitrogen and oxygen atoms in total. The molecular weight excluding hydrogens is 254 g/mol. The van der Waals surface area contributed by atoms with Gasteiger partial charge in [0.1, 0.15) is 5.15 Å². The van der Waals surface area contributed by atoms with Crippen molar-refractivity contribution in [1.82, 2.24) is 9.71 Å². The highest BCUT2D eigenvalue weighted by atomic mass is 35.5. The number of halogens is 1. The zero-order valence-electron chi connectivity index (χ0n) is 8.72. The lowest BCUT2D eigenvalue weighted by molar-refractivity contribution is 1.30. The number of benzene rings is 1. The number of rotatable bonds is 1. The normalized spacial score (nSPS) is 13.0. The first-order valence-corrected chi connectivity index (χ1v) is 6.24. The molecule has 2 heterocycles. The van der Waals surface area contributed by atoms with Gasteiger partial charge in [-0.2, -0.15) is 0 Å². The van der Waals surface area contributed by atoms with E-state index in [1.54, 1.807) is 24.5 Å². The molecule has 0 atom stereocenters. The highest BCUT2D eigenvalue weighted by molar-refractivity contribution is 7.98. The third-order valence-electron chi connectivity index (χ3n) is 2.46. The van der Waals surface area contributed by atoms with E-state index in [2.05, 4.69) is 20.8 Å². The van der Waals surface area contributed by atoms with Crippen molar-refractivity contribution in [1.29, 1.82) is 0 Å². The zero-order chi connectivity index (χ0) is 11.7. The molecule has 17 heavy (non-hydrogen) atoms. The monoisotopic (exact) mass is 261 g/mol. The van der Waals surface area contributed by atoms with E-state index in [9.17, 15) is 0 Å². The van der Waals surface area contributed by atoms with Crippen LogP contribution in [0.1, 0.15) is 0 Å². The number of pyridine rings is 1. The van der Waals surface area contributed by atoms with Gasteiger partial charge in [0.05, 0.1) is 16.9 Å². The summed E-state index contributed by atoms with van der Waals surface area (Å²) in [5.74, 6) is 0. The lowest BCUT2D eigenvalue weighted by Crippen LogP contribution is -2.02. The second-order valence-electron chi connectivity index (χ2n) is 3.50. The van der Waals surface area contributed by atoms with Crippen LogP contribution in [0.25, 0.3) is 11.1 Å². The van der Waals surface area contributed by atoms with Crippen molar-refractivity contribution in [2.75, 3.05) is 0 Å². The third kappa shape index (κ3) is 2.01. The number of nitrogens with one attached hydrogen (secondary N) is 1. The molecular formula is C12H8ClN3S. The van der Waals surface area contributed by atoms with Crippen LogP contribution < -0.4 is 4.72 Å². The van der Waals surface area contributed by atoms with Gasteiger partial charge in [-0.3, -0.25) is 0 Å². The van der Waals surface area contributed by atoms with Gasteiger partial charge in [0.2, 0.25) is 0 Å². The van der Waals surface area contributed by atoms with Gasteiger partial charge in [-0.05, 0) is 41.8 Å². The Morgan fingerprint density at radius 2 is 2.18 bits per heavy atom. The van der Waals surface area contributed by atoms with E-state index in [0.29, 0.717) is 5.15 Å². The summed E-state index contributed by atoms with van der Waals surface area (Å²) in [5, 5.41) is 0.518. The van der Waals surface area contributed by atoms with Crippen LogP contribution in [0.2, 0.25) is 5.15 Å². The summed E-state index contributed by atoms with van der Waals surface area (Å²) in [6.07, 6.45) is 3.37. The lowest BCUT2D eigenvalue weighted by atomic mass is 10.1. The van der Waals surface area contributed by atoms with Crippen molar-refractivity contribution in [2.24, 2.45) is 4.99 Å². The zero-order valence-corrected chi connectivity index (χ0v) is 10.3. The molecule has 5 heteroatoms. The highest BCUT2D eigenvalue weighted by Gasteiger charge is 2.10. The minimum atomic E-state index is 0.518. The molecule has 0 aliphatic carbocycles. The molecule has 0 unspecified atom stereocenters. The third-order valence-corrected chi connectivity index (χ3v) is 3.53. The number of fused-ring (bicyclic) bond motifs is 1. The molecule has 1 aromatic heterocycles. The molecule has 2 aromatic rings. The van der Waals surface area contributed by atoms with Crippen molar-refractivity contribution in [3.63, 3.8) is 0 Å². The number of aromatic nitrogens is 1. The van der Waals surface area contributed by atoms with Crippen LogP contribution >= 0.6 is 23.5 Å². The van der Waals surface area contributed by atoms with E-state index in [0.717, 1.165) is 21.7 Å². The van der Waals surface area contributed by atoms with Crippen LogP contribution in [0.3, 0.4) is 0 Å². The van der Waals surface area contributed by atoms with E-state index in [1.165, 1.54) is 0 Å². The number of nitrogens with zero attached hydrogens (tertiary/aromatic N) is 2. The van der Waals surface area contributed by atoms with E-state index in [-0.39, 0.29) is 0 Å². The number of aliphatic imine (C=N–C) groups is 1. The van der Waals surface area contributed by atoms with E-state index >= 15 is 0 Å². The average molecular weight is 262 g/mol. The Morgan fingerprint density at radius 3 is 3.06 bits per heavy atom. The van der Waals surface area contributed by atoms with Crippen molar-refractivity contribution >= 4 is 35.6 Å². The van der Waals surface area contributed by atoms with E-state index < -0.39 is 0 Å². The van der Waals surface area contributed by atoms with Gasteiger partial charge >= 0.3 is 0 Å². The first-order valence-electron chi connectivity index (χ1n) is 5.04. The average Bonchev–Trinajstić information content (AvgIpc) is 2.39. The van der Waals surface area contributed by atoms with Crippen molar-refractivity contribution in [3.05, 3.63) is 41.7 Å². The van der Waals surface area contributed by atoms with Gasteiger partial charge < -0.3 is 4.72 Å². The second kappa shape index (κ2) is 4.39. The molecule has 0 spiro atoms. The molecule has 84 valence electrons. The molecule has 1 aromatic carbocycles. The first-order chi connectivity index (χ1) is 8.34. The standard InChI is InChI=1S/C12H8ClN3S/c13-12-9(2-1-5-14-12)8-3-4-10-11(6-8)17-16-7-15-10/h1-7H,(H,15,16). The van der Waals surface area contributed by atoms with E-state index in [1.807, 2.05) is 24.3 Å². The molecule has 0 amide bonds. The predicted molar refractivity (Wildman–Crippen MR) is 71.8 cm³/mol. The number of hydrogen-bond donors (Lipinski definition) is 1. The summed E-state index contributed by atoms with van der Waals surface area (Å²) in [6, 6.07) is 9.89.